The van der Waals surface area contributed by atoms with Crippen molar-refractivity contribution in [3.05, 3.63) is 12.1 Å². The molecule has 5 heteroatoms. The molecule has 0 aromatic carbocycles. The molecule has 0 unspecified atom stereocenters. The SMILES string of the molecule is COC1CCN(c2ccc(SC)nn2)CC1. The number of piperidine rings is 1. The Morgan fingerprint density at radius 3 is 2.56 bits per heavy atom. The first kappa shape index (κ1) is 11.7. The van der Waals surface area contributed by atoms with Crippen LogP contribution < -0.4 is 4.90 Å². The fourth-order valence-electron chi connectivity index (χ4n) is 1.91. The lowest BCUT2D eigenvalue weighted by atomic mass is 10.1. The van der Waals surface area contributed by atoms with Crippen LogP contribution in [0.15, 0.2) is 17.2 Å². The maximum Gasteiger partial charge on any atom is 0.151 e. The molecule has 0 amide bonds. The van der Waals surface area contributed by atoms with Crippen LogP contribution in [0, 0.1) is 0 Å². The van der Waals surface area contributed by atoms with Gasteiger partial charge in [-0.15, -0.1) is 22.0 Å². The molecule has 0 atom stereocenters. The Hall–Kier alpha value is -0.810. The molecule has 1 aromatic rings. The molecule has 2 rings (SSSR count). The van der Waals surface area contributed by atoms with Crippen LogP contribution >= 0.6 is 11.8 Å². The van der Waals surface area contributed by atoms with Gasteiger partial charge < -0.3 is 9.64 Å². The summed E-state index contributed by atoms with van der Waals surface area (Å²) in [5.41, 5.74) is 0. The van der Waals surface area contributed by atoms with E-state index in [1.54, 1.807) is 18.9 Å². The Labute approximate surface area is 100 Å². The molecule has 0 bridgehead atoms. The number of ether oxygens (including phenoxy) is 1. The number of nitrogens with zero attached hydrogens (tertiary/aromatic N) is 3. The quantitative estimate of drug-likeness (QED) is 0.752. The first-order chi connectivity index (χ1) is 7.83. The molecular formula is C11H17N3OS. The molecule has 1 aliphatic heterocycles. The fourth-order valence-corrected chi connectivity index (χ4v) is 2.24. The first-order valence-electron chi connectivity index (χ1n) is 5.49. The second-order valence-corrected chi connectivity index (χ2v) is 4.68. The lowest BCUT2D eigenvalue weighted by Crippen LogP contribution is -2.37. The smallest absolute Gasteiger partial charge is 0.151 e. The highest BCUT2D eigenvalue weighted by atomic mass is 32.2. The topological polar surface area (TPSA) is 38.2 Å². The third-order valence-corrected chi connectivity index (χ3v) is 3.57. The average Bonchev–Trinajstić information content (AvgIpc) is 2.39. The van der Waals surface area contributed by atoms with Gasteiger partial charge in [-0.1, -0.05) is 0 Å². The van der Waals surface area contributed by atoms with E-state index in [1.165, 1.54) is 0 Å². The van der Waals surface area contributed by atoms with Crippen molar-refractivity contribution in [2.75, 3.05) is 31.4 Å². The van der Waals surface area contributed by atoms with E-state index in [0.717, 1.165) is 36.8 Å². The van der Waals surface area contributed by atoms with Crippen molar-refractivity contribution in [3.8, 4) is 0 Å². The lowest BCUT2D eigenvalue weighted by Gasteiger charge is -2.31. The number of thioether (sulfide) groups is 1. The molecule has 1 saturated heterocycles. The number of methoxy groups -OCH3 is 1. The molecule has 4 nitrogen and oxygen atoms in total. The summed E-state index contributed by atoms with van der Waals surface area (Å²) in [6.45, 7) is 2.01. The number of rotatable bonds is 3. The van der Waals surface area contributed by atoms with Crippen molar-refractivity contribution in [1.29, 1.82) is 0 Å². The van der Waals surface area contributed by atoms with Crippen molar-refractivity contribution in [1.82, 2.24) is 10.2 Å². The summed E-state index contributed by atoms with van der Waals surface area (Å²) in [5, 5.41) is 9.36. The first-order valence-corrected chi connectivity index (χ1v) is 6.71. The predicted molar refractivity (Wildman–Crippen MR) is 66.1 cm³/mol. The fraction of sp³-hybridized carbons (Fsp3) is 0.636. The molecule has 88 valence electrons. The standard InChI is InChI=1S/C11H17N3OS/c1-15-9-5-7-14(8-6-9)10-3-4-11(16-2)13-12-10/h3-4,9H,5-8H2,1-2H3. The monoisotopic (exact) mass is 239 g/mol. The Morgan fingerprint density at radius 2 is 2.06 bits per heavy atom. The van der Waals surface area contributed by atoms with Gasteiger partial charge in [0.05, 0.1) is 6.10 Å². The van der Waals surface area contributed by atoms with Gasteiger partial charge in [-0.05, 0) is 31.2 Å². The zero-order chi connectivity index (χ0) is 11.4. The molecule has 2 heterocycles. The third kappa shape index (κ3) is 2.65. The molecular weight excluding hydrogens is 222 g/mol. The van der Waals surface area contributed by atoms with E-state index in [1.807, 2.05) is 18.4 Å². The molecule has 0 saturated carbocycles. The minimum Gasteiger partial charge on any atom is -0.381 e. The number of anilines is 1. The van der Waals surface area contributed by atoms with Crippen LogP contribution in [-0.4, -0.2) is 42.8 Å². The highest BCUT2D eigenvalue weighted by molar-refractivity contribution is 7.98. The summed E-state index contributed by atoms with van der Waals surface area (Å²) in [6.07, 6.45) is 4.56. The van der Waals surface area contributed by atoms with Crippen molar-refractivity contribution >= 4 is 17.6 Å². The minimum absolute atomic E-state index is 0.412. The molecule has 1 aromatic heterocycles. The molecule has 0 radical (unpaired) electrons. The van der Waals surface area contributed by atoms with E-state index >= 15 is 0 Å². The largest absolute Gasteiger partial charge is 0.381 e. The highest BCUT2D eigenvalue weighted by Gasteiger charge is 2.19. The predicted octanol–water partition coefficient (Wildman–Crippen LogP) is 1.81. The van der Waals surface area contributed by atoms with E-state index in [2.05, 4.69) is 15.1 Å². The zero-order valence-corrected chi connectivity index (χ0v) is 10.5. The molecule has 16 heavy (non-hydrogen) atoms. The van der Waals surface area contributed by atoms with Crippen LogP contribution in [0.5, 0.6) is 0 Å². The molecule has 0 N–H and O–H groups in total. The van der Waals surface area contributed by atoms with Gasteiger partial charge in [0.25, 0.3) is 0 Å². The van der Waals surface area contributed by atoms with Crippen LogP contribution in [-0.2, 0) is 4.74 Å². The van der Waals surface area contributed by atoms with Gasteiger partial charge in [-0.2, -0.15) is 0 Å². The number of hydrogen-bond acceptors (Lipinski definition) is 5. The molecule has 0 aliphatic carbocycles. The summed E-state index contributed by atoms with van der Waals surface area (Å²) < 4.78 is 5.35. The zero-order valence-electron chi connectivity index (χ0n) is 9.72. The van der Waals surface area contributed by atoms with E-state index in [0.29, 0.717) is 6.10 Å². The normalized spacial score (nSPS) is 17.8. The number of hydrogen-bond donors (Lipinski definition) is 0. The van der Waals surface area contributed by atoms with Crippen molar-refractivity contribution in [2.24, 2.45) is 0 Å². The Kier molecular flexibility index (Phi) is 4.01. The summed E-state index contributed by atoms with van der Waals surface area (Å²) in [6, 6.07) is 4.07. The van der Waals surface area contributed by atoms with Crippen LogP contribution in [0.4, 0.5) is 5.82 Å². The van der Waals surface area contributed by atoms with Crippen LogP contribution in [0.3, 0.4) is 0 Å². The van der Waals surface area contributed by atoms with Crippen LogP contribution in [0.1, 0.15) is 12.8 Å². The maximum atomic E-state index is 5.35. The van der Waals surface area contributed by atoms with Gasteiger partial charge in [0.1, 0.15) is 5.03 Å². The van der Waals surface area contributed by atoms with Gasteiger partial charge in [-0.3, -0.25) is 0 Å². The third-order valence-electron chi connectivity index (χ3n) is 2.93. The van der Waals surface area contributed by atoms with Gasteiger partial charge in [0.2, 0.25) is 0 Å². The highest BCUT2D eigenvalue weighted by Crippen LogP contribution is 2.20. The Morgan fingerprint density at radius 1 is 1.31 bits per heavy atom. The van der Waals surface area contributed by atoms with E-state index in [4.69, 9.17) is 4.74 Å². The Balaban J connectivity index is 1.97. The van der Waals surface area contributed by atoms with Crippen molar-refractivity contribution in [3.63, 3.8) is 0 Å². The summed E-state index contributed by atoms with van der Waals surface area (Å²) >= 11 is 1.62. The number of aromatic nitrogens is 2. The van der Waals surface area contributed by atoms with Crippen LogP contribution in [0.25, 0.3) is 0 Å². The maximum absolute atomic E-state index is 5.35. The van der Waals surface area contributed by atoms with Gasteiger partial charge >= 0.3 is 0 Å². The van der Waals surface area contributed by atoms with Crippen LogP contribution in [0.2, 0.25) is 0 Å². The average molecular weight is 239 g/mol. The van der Waals surface area contributed by atoms with Crippen molar-refractivity contribution in [2.45, 2.75) is 24.0 Å². The summed E-state index contributed by atoms with van der Waals surface area (Å²) in [5.74, 6) is 0.979. The van der Waals surface area contributed by atoms with Gasteiger partial charge in [-0.25, -0.2) is 0 Å². The van der Waals surface area contributed by atoms with Crippen molar-refractivity contribution < 1.29 is 4.74 Å². The molecule has 0 spiro atoms. The Bertz CT molecular complexity index is 323. The van der Waals surface area contributed by atoms with Gasteiger partial charge in [0, 0.05) is 20.2 Å². The second-order valence-electron chi connectivity index (χ2n) is 3.86. The summed E-state index contributed by atoms with van der Waals surface area (Å²) in [7, 11) is 1.79. The van der Waals surface area contributed by atoms with E-state index in [-0.39, 0.29) is 0 Å². The minimum atomic E-state index is 0.412. The lowest BCUT2D eigenvalue weighted by molar-refractivity contribution is 0.0817. The van der Waals surface area contributed by atoms with Gasteiger partial charge in [0.15, 0.2) is 5.82 Å². The van der Waals surface area contributed by atoms with E-state index < -0.39 is 0 Å². The molecule has 1 aliphatic rings. The van der Waals surface area contributed by atoms with E-state index in [9.17, 15) is 0 Å². The summed E-state index contributed by atoms with van der Waals surface area (Å²) in [4.78, 5) is 2.27. The molecule has 1 fully saturated rings. The second kappa shape index (κ2) is 5.50.